The van der Waals surface area contributed by atoms with Crippen molar-refractivity contribution in [2.45, 2.75) is 13.8 Å². The molecule has 0 aromatic carbocycles. The largest absolute Gasteiger partial charge is 0.477 e. The van der Waals surface area contributed by atoms with E-state index in [1.54, 1.807) is 10.7 Å². The second kappa shape index (κ2) is 3.05. The van der Waals surface area contributed by atoms with Gasteiger partial charge in [0.1, 0.15) is 0 Å². The van der Waals surface area contributed by atoms with Crippen molar-refractivity contribution in [2.24, 2.45) is 0 Å². The predicted molar refractivity (Wildman–Crippen MR) is 48.9 cm³/mol. The first-order valence-electron chi connectivity index (χ1n) is 4.25. The third-order valence-electron chi connectivity index (χ3n) is 1.85. The second-order valence-electron chi connectivity index (χ2n) is 2.76. The summed E-state index contributed by atoms with van der Waals surface area (Å²) in [6.07, 6.45) is 3.54. The molecule has 0 N–H and O–H groups in total. The standard InChI is InChI=1S/C9H11N3O/c1-3-13-9-6-8-7(2)10-4-5-12(8)11-9/h4-6H,3H2,1-2H3. The summed E-state index contributed by atoms with van der Waals surface area (Å²) in [5.74, 6) is 0.651. The fourth-order valence-corrected chi connectivity index (χ4v) is 1.25. The van der Waals surface area contributed by atoms with Crippen LogP contribution in [0.25, 0.3) is 5.52 Å². The van der Waals surface area contributed by atoms with E-state index in [0.29, 0.717) is 12.5 Å². The molecule has 2 rings (SSSR count). The highest BCUT2D eigenvalue weighted by molar-refractivity contribution is 5.52. The van der Waals surface area contributed by atoms with E-state index in [2.05, 4.69) is 10.1 Å². The van der Waals surface area contributed by atoms with Gasteiger partial charge in [-0.2, -0.15) is 0 Å². The van der Waals surface area contributed by atoms with Gasteiger partial charge < -0.3 is 4.74 Å². The van der Waals surface area contributed by atoms with Crippen molar-refractivity contribution < 1.29 is 4.74 Å². The molecule has 0 spiro atoms. The van der Waals surface area contributed by atoms with Gasteiger partial charge in [-0.1, -0.05) is 0 Å². The van der Waals surface area contributed by atoms with Crippen LogP contribution in [-0.4, -0.2) is 21.2 Å². The zero-order chi connectivity index (χ0) is 9.26. The maximum atomic E-state index is 5.29. The Balaban J connectivity index is 2.55. The van der Waals surface area contributed by atoms with Crippen molar-refractivity contribution in [3.63, 3.8) is 0 Å². The van der Waals surface area contributed by atoms with Crippen LogP contribution in [-0.2, 0) is 0 Å². The Morgan fingerprint density at radius 2 is 2.38 bits per heavy atom. The third kappa shape index (κ3) is 1.35. The molecule has 2 heterocycles. The van der Waals surface area contributed by atoms with Crippen LogP contribution >= 0.6 is 0 Å². The zero-order valence-corrected chi connectivity index (χ0v) is 7.69. The highest BCUT2D eigenvalue weighted by Gasteiger charge is 2.03. The predicted octanol–water partition coefficient (Wildman–Crippen LogP) is 1.44. The van der Waals surface area contributed by atoms with Gasteiger partial charge in [-0.3, -0.25) is 4.98 Å². The lowest BCUT2D eigenvalue weighted by Crippen LogP contribution is -1.93. The van der Waals surface area contributed by atoms with Gasteiger partial charge in [0.25, 0.3) is 0 Å². The van der Waals surface area contributed by atoms with Gasteiger partial charge >= 0.3 is 0 Å². The van der Waals surface area contributed by atoms with Crippen LogP contribution in [0.5, 0.6) is 5.88 Å². The van der Waals surface area contributed by atoms with Crippen molar-refractivity contribution in [1.29, 1.82) is 0 Å². The van der Waals surface area contributed by atoms with Crippen LogP contribution < -0.4 is 4.74 Å². The lowest BCUT2D eigenvalue weighted by Gasteiger charge is -1.93. The van der Waals surface area contributed by atoms with Crippen molar-refractivity contribution in [2.75, 3.05) is 6.61 Å². The number of ether oxygens (including phenoxy) is 1. The van der Waals surface area contributed by atoms with Gasteiger partial charge in [-0.15, -0.1) is 5.10 Å². The Labute approximate surface area is 76.2 Å². The van der Waals surface area contributed by atoms with Crippen LogP contribution in [0, 0.1) is 6.92 Å². The van der Waals surface area contributed by atoms with E-state index in [1.165, 1.54) is 0 Å². The average Bonchev–Trinajstić information content (AvgIpc) is 2.49. The molecule has 4 nitrogen and oxygen atoms in total. The summed E-state index contributed by atoms with van der Waals surface area (Å²) in [6.45, 7) is 4.53. The molecular weight excluding hydrogens is 166 g/mol. The molecule has 0 saturated heterocycles. The monoisotopic (exact) mass is 177 g/mol. The molecule has 0 unspecified atom stereocenters. The number of fused-ring (bicyclic) bond motifs is 1. The molecule has 0 fully saturated rings. The van der Waals surface area contributed by atoms with Crippen LogP contribution in [0.4, 0.5) is 0 Å². The van der Waals surface area contributed by atoms with Gasteiger partial charge in [-0.05, 0) is 13.8 Å². The number of rotatable bonds is 2. The molecule has 0 saturated carbocycles. The molecular formula is C9H11N3O. The normalized spacial score (nSPS) is 10.6. The van der Waals surface area contributed by atoms with Gasteiger partial charge in [0.15, 0.2) is 0 Å². The van der Waals surface area contributed by atoms with Crippen LogP contribution in [0.1, 0.15) is 12.6 Å². The first-order valence-corrected chi connectivity index (χ1v) is 4.25. The molecule has 68 valence electrons. The minimum atomic E-state index is 0.635. The summed E-state index contributed by atoms with van der Waals surface area (Å²) in [4.78, 5) is 4.16. The maximum Gasteiger partial charge on any atom is 0.233 e. The topological polar surface area (TPSA) is 39.4 Å². The van der Waals surface area contributed by atoms with Crippen LogP contribution in [0.15, 0.2) is 18.5 Å². The summed E-state index contributed by atoms with van der Waals surface area (Å²) in [7, 11) is 0. The summed E-state index contributed by atoms with van der Waals surface area (Å²) >= 11 is 0. The SMILES string of the molecule is CCOc1cc2c(C)nccn2n1. The lowest BCUT2D eigenvalue weighted by molar-refractivity contribution is 0.325. The van der Waals surface area contributed by atoms with E-state index in [-0.39, 0.29) is 0 Å². The average molecular weight is 177 g/mol. The summed E-state index contributed by atoms with van der Waals surface area (Å²) in [5, 5.41) is 4.22. The van der Waals surface area contributed by atoms with Crippen LogP contribution in [0.2, 0.25) is 0 Å². The number of nitrogens with zero attached hydrogens (tertiary/aromatic N) is 3. The Kier molecular flexibility index (Phi) is 1.88. The van der Waals surface area contributed by atoms with Crippen molar-refractivity contribution in [1.82, 2.24) is 14.6 Å². The van der Waals surface area contributed by atoms with E-state index in [4.69, 9.17) is 4.74 Å². The lowest BCUT2D eigenvalue weighted by atomic mass is 10.4. The Bertz CT molecular complexity index is 422. The van der Waals surface area contributed by atoms with E-state index >= 15 is 0 Å². The molecule has 0 aliphatic rings. The van der Waals surface area contributed by atoms with Crippen molar-refractivity contribution in [3.05, 3.63) is 24.2 Å². The first kappa shape index (κ1) is 8.04. The van der Waals surface area contributed by atoms with E-state index < -0.39 is 0 Å². The second-order valence-corrected chi connectivity index (χ2v) is 2.76. The smallest absolute Gasteiger partial charge is 0.233 e. The Hall–Kier alpha value is -1.58. The molecule has 0 atom stereocenters. The number of hydrogen-bond donors (Lipinski definition) is 0. The summed E-state index contributed by atoms with van der Waals surface area (Å²) < 4.78 is 7.06. The fourth-order valence-electron chi connectivity index (χ4n) is 1.25. The fraction of sp³-hybridized carbons (Fsp3) is 0.333. The van der Waals surface area contributed by atoms with Gasteiger partial charge in [-0.25, -0.2) is 4.52 Å². The quantitative estimate of drug-likeness (QED) is 0.696. The molecule has 0 aliphatic carbocycles. The highest BCUT2D eigenvalue weighted by Crippen LogP contribution is 2.14. The summed E-state index contributed by atoms with van der Waals surface area (Å²) in [6, 6.07) is 1.89. The van der Waals surface area contributed by atoms with Gasteiger partial charge in [0.05, 0.1) is 17.8 Å². The van der Waals surface area contributed by atoms with E-state index in [0.717, 1.165) is 11.2 Å². The number of aryl methyl sites for hydroxylation is 1. The van der Waals surface area contributed by atoms with Gasteiger partial charge in [0, 0.05) is 18.5 Å². The third-order valence-corrected chi connectivity index (χ3v) is 1.85. The van der Waals surface area contributed by atoms with Crippen molar-refractivity contribution in [3.8, 4) is 5.88 Å². The van der Waals surface area contributed by atoms with Crippen molar-refractivity contribution >= 4 is 5.52 Å². The molecule has 13 heavy (non-hydrogen) atoms. The first-order chi connectivity index (χ1) is 6.31. The number of hydrogen-bond acceptors (Lipinski definition) is 3. The summed E-state index contributed by atoms with van der Waals surface area (Å²) in [5.41, 5.74) is 1.95. The molecule has 0 bridgehead atoms. The minimum absolute atomic E-state index is 0.635. The molecule has 4 heteroatoms. The number of aromatic nitrogens is 3. The highest BCUT2D eigenvalue weighted by atomic mass is 16.5. The Morgan fingerprint density at radius 1 is 1.54 bits per heavy atom. The molecule has 2 aromatic heterocycles. The molecule has 0 amide bonds. The Morgan fingerprint density at radius 3 is 3.08 bits per heavy atom. The van der Waals surface area contributed by atoms with Crippen LogP contribution in [0.3, 0.4) is 0 Å². The van der Waals surface area contributed by atoms with Gasteiger partial charge in [0.2, 0.25) is 5.88 Å². The zero-order valence-electron chi connectivity index (χ0n) is 7.69. The maximum absolute atomic E-state index is 5.29. The molecule has 0 radical (unpaired) electrons. The van der Waals surface area contributed by atoms with E-state index in [1.807, 2.05) is 26.1 Å². The molecule has 2 aromatic rings. The van der Waals surface area contributed by atoms with E-state index in [9.17, 15) is 0 Å². The minimum Gasteiger partial charge on any atom is -0.477 e. The molecule has 0 aliphatic heterocycles.